The molecule has 2 amide bonds. The summed E-state index contributed by atoms with van der Waals surface area (Å²) < 4.78 is 20.9. The Morgan fingerprint density at radius 1 is 1.03 bits per heavy atom. The Bertz CT molecular complexity index is 1360. The fourth-order valence-electron chi connectivity index (χ4n) is 4.87. The molecule has 1 atom stereocenters. The van der Waals surface area contributed by atoms with E-state index in [4.69, 9.17) is 4.74 Å². The van der Waals surface area contributed by atoms with Crippen molar-refractivity contribution in [3.63, 3.8) is 0 Å². The fourth-order valence-corrected chi connectivity index (χ4v) is 4.87. The molecule has 1 fully saturated rings. The highest BCUT2D eigenvalue weighted by Gasteiger charge is 2.39. The summed E-state index contributed by atoms with van der Waals surface area (Å²) in [4.78, 5) is 44.3. The number of rotatable bonds is 6. The molecule has 192 valence electrons. The molecule has 5 rings (SSSR count). The van der Waals surface area contributed by atoms with Crippen molar-refractivity contribution >= 4 is 11.8 Å². The normalized spacial score (nSPS) is 17.5. The SMILES string of the molecule is CN1CCCCN2C(=O)c3c(OCc4ccccc4)c(=O)c(C(=O)NCc4ccc(F)cc4)cn3CC12. The summed E-state index contributed by atoms with van der Waals surface area (Å²) in [6.07, 6.45) is 3.13. The van der Waals surface area contributed by atoms with E-state index in [1.54, 1.807) is 21.6 Å². The molecule has 0 radical (unpaired) electrons. The van der Waals surface area contributed by atoms with E-state index in [-0.39, 0.29) is 48.0 Å². The summed E-state index contributed by atoms with van der Waals surface area (Å²) >= 11 is 0. The van der Waals surface area contributed by atoms with Gasteiger partial charge in [-0.15, -0.1) is 0 Å². The van der Waals surface area contributed by atoms with Crippen molar-refractivity contribution in [2.24, 2.45) is 0 Å². The molecule has 0 saturated carbocycles. The van der Waals surface area contributed by atoms with Crippen molar-refractivity contribution in [2.75, 3.05) is 20.1 Å². The number of fused-ring (bicyclic) bond motifs is 2. The van der Waals surface area contributed by atoms with E-state index < -0.39 is 11.3 Å². The predicted octanol–water partition coefficient (Wildman–Crippen LogP) is 3.00. The van der Waals surface area contributed by atoms with E-state index in [0.717, 1.165) is 24.9 Å². The summed E-state index contributed by atoms with van der Waals surface area (Å²) in [6.45, 7) is 2.07. The molecule has 2 aliphatic heterocycles. The highest BCUT2D eigenvalue weighted by Crippen LogP contribution is 2.28. The zero-order valence-corrected chi connectivity index (χ0v) is 20.7. The standard InChI is InChI=1S/C28H29FN4O4/c1-31-13-5-6-14-33-23(31)17-32-16-22(27(35)30-15-19-9-11-21(29)12-10-19)25(34)26(24(32)28(33)36)37-18-20-7-3-2-4-8-20/h2-4,7-12,16,23H,5-6,13-15,17-18H2,1H3,(H,30,35). The van der Waals surface area contributed by atoms with Crippen LogP contribution in [-0.4, -0.2) is 52.5 Å². The minimum atomic E-state index is -0.631. The van der Waals surface area contributed by atoms with Gasteiger partial charge >= 0.3 is 0 Å². The van der Waals surface area contributed by atoms with Gasteiger partial charge in [-0.3, -0.25) is 19.3 Å². The van der Waals surface area contributed by atoms with Crippen LogP contribution in [0.3, 0.4) is 0 Å². The van der Waals surface area contributed by atoms with Crippen LogP contribution < -0.4 is 15.5 Å². The summed E-state index contributed by atoms with van der Waals surface area (Å²) in [7, 11) is 1.98. The third-order valence-electron chi connectivity index (χ3n) is 6.93. The molecular weight excluding hydrogens is 475 g/mol. The number of likely N-dealkylation sites (N-methyl/N-ethyl adjacent to an activating group) is 1. The van der Waals surface area contributed by atoms with Crippen molar-refractivity contribution in [2.45, 2.75) is 38.7 Å². The molecule has 0 aliphatic carbocycles. The number of hydrogen-bond donors (Lipinski definition) is 1. The van der Waals surface area contributed by atoms with E-state index >= 15 is 0 Å². The third kappa shape index (κ3) is 5.13. The number of nitrogens with one attached hydrogen (secondary N) is 1. The number of amides is 2. The van der Waals surface area contributed by atoms with E-state index in [9.17, 15) is 18.8 Å². The molecular formula is C28H29FN4O4. The number of aromatic nitrogens is 1. The molecule has 37 heavy (non-hydrogen) atoms. The third-order valence-corrected chi connectivity index (χ3v) is 6.93. The largest absolute Gasteiger partial charge is 0.483 e. The Hall–Kier alpha value is -3.98. The number of carbonyl (C=O) groups excluding carboxylic acids is 2. The molecule has 1 unspecified atom stereocenters. The molecule has 1 aromatic heterocycles. The lowest BCUT2D eigenvalue weighted by Crippen LogP contribution is -2.55. The molecule has 2 aliphatic rings. The van der Waals surface area contributed by atoms with Crippen LogP contribution in [-0.2, 0) is 19.7 Å². The number of hydrogen-bond acceptors (Lipinski definition) is 5. The van der Waals surface area contributed by atoms with Gasteiger partial charge in [0.15, 0.2) is 11.4 Å². The van der Waals surface area contributed by atoms with Gasteiger partial charge in [0.1, 0.15) is 24.2 Å². The number of pyridine rings is 1. The molecule has 8 nitrogen and oxygen atoms in total. The molecule has 0 bridgehead atoms. The Kier molecular flexibility index (Phi) is 7.05. The number of ether oxygens (including phenoxy) is 1. The van der Waals surface area contributed by atoms with Gasteiger partial charge in [0.2, 0.25) is 5.43 Å². The van der Waals surface area contributed by atoms with Crippen molar-refractivity contribution in [1.82, 2.24) is 19.7 Å². The molecule has 1 saturated heterocycles. The first kappa shape index (κ1) is 24.7. The van der Waals surface area contributed by atoms with Crippen molar-refractivity contribution in [3.05, 3.63) is 99.2 Å². The Morgan fingerprint density at radius 3 is 2.51 bits per heavy atom. The van der Waals surface area contributed by atoms with Gasteiger partial charge in [0, 0.05) is 19.3 Å². The number of carbonyl (C=O) groups is 2. The van der Waals surface area contributed by atoms with Crippen molar-refractivity contribution in [1.29, 1.82) is 0 Å². The van der Waals surface area contributed by atoms with E-state index in [1.165, 1.54) is 18.3 Å². The van der Waals surface area contributed by atoms with E-state index in [0.29, 0.717) is 18.7 Å². The van der Waals surface area contributed by atoms with Gasteiger partial charge in [0.25, 0.3) is 11.8 Å². The predicted molar refractivity (Wildman–Crippen MR) is 136 cm³/mol. The summed E-state index contributed by atoms with van der Waals surface area (Å²) in [6, 6.07) is 15.1. The second-order valence-corrected chi connectivity index (χ2v) is 9.45. The maximum Gasteiger partial charge on any atom is 0.275 e. The minimum absolute atomic E-state index is 0.0837. The van der Waals surface area contributed by atoms with Gasteiger partial charge in [-0.1, -0.05) is 42.5 Å². The zero-order chi connectivity index (χ0) is 25.9. The lowest BCUT2D eigenvalue weighted by molar-refractivity contribution is 0.0301. The molecule has 2 aromatic carbocycles. The van der Waals surface area contributed by atoms with Crippen LogP contribution in [0.4, 0.5) is 4.39 Å². The second-order valence-electron chi connectivity index (χ2n) is 9.45. The monoisotopic (exact) mass is 504 g/mol. The number of benzene rings is 2. The molecule has 0 spiro atoms. The molecule has 3 heterocycles. The zero-order valence-electron chi connectivity index (χ0n) is 20.7. The highest BCUT2D eigenvalue weighted by molar-refractivity contribution is 5.99. The lowest BCUT2D eigenvalue weighted by Gasteiger charge is -2.40. The van der Waals surface area contributed by atoms with E-state index in [1.807, 2.05) is 37.4 Å². The average Bonchev–Trinajstić information content (AvgIpc) is 3.09. The maximum atomic E-state index is 13.7. The molecule has 3 aromatic rings. The van der Waals surface area contributed by atoms with Crippen LogP contribution >= 0.6 is 0 Å². The first-order valence-electron chi connectivity index (χ1n) is 12.4. The van der Waals surface area contributed by atoms with Crippen LogP contribution in [0, 0.1) is 5.82 Å². The summed E-state index contributed by atoms with van der Waals surface area (Å²) in [5.41, 5.74) is 0.962. The Morgan fingerprint density at radius 2 is 1.76 bits per heavy atom. The summed E-state index contributed by atoms with van der Waals surface area (Å²) in [5.74, 6) is -1.35. The van der Waals surface area contributed by atoms with Gasteiger partial charge in [-0.05, 0) is 49.7 Å². The number of nitrogens with zero attached hydrogens (tertiary/aromatic N) is 3. The second kappa shape index (κ2) is 10.6. The van der Waals surface area contributed by atoms with Crippen molar-refractivity contribution in [3.8, 4) is 5.75 Å². The first-order chi connectivity index (χ1) is 17.9. The number of halogens is 1. The Labute approximate surface area is 214 Å². The van der Waals surface area contributed by atoms with Gasteiger partial charge in [-0.2, -0.15) is 0 Å². The maximum absolute atomic E-state index is 13.7. The van der Waals surface area contributed by atoms with Crippen molar-refractivity contribution < 1.29 is 18.7 Å². The molecule has 1 N–H and O–H groups in total. The molecule has 9 heteroatoms. The van der Waals surface area contributed by atoms with Gasteiger partial charge in [-0.25, -0.2) is 4.39 Å². The lowest BCUT2D eigenvalue weighted by atomic mass is 10.1. The van der Waals surface area contributed by atoms with Crippen LogP contribution in [0.1, 0.15) is 44.8 Å². The Balaban J connectivity index is 1.51. The highest BCUT2D eigenvalue weighted by atomic mass is 19.1. The topological polar surface area (TPSA) is 83.9 Å². The first-order valence-corrected chi connectivity index (χ1v) is 12.4. The smallest absolute Gasteiger partial charge is 0.275 e. The quantitative estimate of drug-likeness (QED) is 0.558. The van der Waals surface area contributed by atoms with Gasteiger partial charge in [0.05, 0.1) is 6.54 Å². The van der Waals surface area contributed by atoms with Crippen LogP contribution in [0.5, 0.6) is 5.75 Å². The van der Waals surface area contributed by atoms with Crippen LogP contribution in [0.25, 0.3) is 0 Å². The van der Waals surface area contributed by atoms with E-state index in [2.05, 4.69) is 10.2 Å². The van der Waals surface area contributed by atoms with Crippen LogP contribution in [0.15, 0.2) is 65.6 Å². The van der Waals surface area contributed by atoms with Gasteiger partial charge < -0.3 is 19.5 Å². The minimum Gasteiger partial charge on any atom is -0.483 e. The summed E-state index contributed by atoms with van der Waals surface area (Å²) in [5, 5.41) is 2.73. The van der Waals surface area contributed by atoms with Crippen LogP contribution in [0.2, 0.25) is 0 Å². The average molecular weight is 505 g/mol. The fraction of sp³-hybridized carbons (Fsp3) is 0.321.